The summed E-state index contributed by atoms with van der Waals surface area (Å²) in [7, 11) is -3.55. The van der Waals surface area contributed by atoms with Crippen molar-refractivity contribution in [2.45, 2.75) is 10.6 Å². The molecular formula is C16H15BrN2O2S2. The number of aliphatic imine (C=N–C) groups is 1. The van der Waals surface area contributed by atoms with Gasteiger partial charge >= 0.3 is 0 Å². The minimum absolute atomic E-state index is 0.288. The second-order valence-electron chi connectivity index (χ2n) is 4.97. The normalized spacial score (nSPS) is 14.8. The zero-order chi connectivity index (χ0) is 16.3. The monoisotopic (exact) mass is 410 g/mol. The summed E-state index contributed by atoms with van der Waals surface area (Å²) in [4.78, 5) is 4.65. The Kier molecular flexibility index (Phi) is 5.08. The van der Waals surface area contributed by atoms with Crippen LogP contribution in [0.1, 0.15) is 5.56 Å². The van der Waals surface area contributed by atoms with Crippen LogP contribution in [0.4, 0.5) is 0 Å². The van der Waals surface area contributed by atoms with E-state index in [1.54, 1.807) is 24.3 Å². The first-order valence-electron chi connectivity index (χ1n) is 7.07. The molecule has 0 atom stereocenters. The largest absolute Gasteiger partial charge is 0.265 e. The van der Waals surface area contributed by atoms with Gasteiger partial charge in [0.1, 0.15) is 0 Å². The minimum Gasteiger partial charge on any atom is -0.260 e. The van der Waals surface area contributed by atoms with Crippen molar-refractivity contribution in [2.24, 2.45) is 4.99 Å². The molecule has 120 valence electrons. The summed E-state index contributed by atoms with van der Waals surface area (Å²) in [5, 5.41) is 0.566. The van der Waals surface area contributed by atoms with Crippen molar-refractivity contribution < 1.29 is 8.42 Å². The van der Waals surface area contributed by atoms with Crippen molar-refractivity contribution >= 4 is 42.9 Å². The first-order valence-corrected chi connectivity index (χ1v) is 10.3. The van der Waals surface area contributed by atoms with Crippen LogP contribution in [0.15, 0.2) is 69.0 Å². The average molecular weight is 411 g/mol. The fourth-order valence-electron chi connectivity index (χ4n) is 2.21. The highest BCUT2D eigenvalue weighted by Crippen LogP contribution is 2.26. The Morgan fingerprint density at radius 1 is 1.09 bits per heavy atom. The van der Waals surface area contributed by atoms with E-state index < -0.39 is 10.0 Å². The van der Waals surface area contributed by atoms with E-state index in [1.165, 1.54) is 16.1 Å². The molecule has 2 aromatic carbocycles. The predicted octanol–water partition coefficient (Wildman–Crippen LogP) is 3.74. The van der Waals surface area contributed by atoms with Gasteiger partial charge in [-0.25, -0.2) is 12.7 Å². The van der Waals surface area contributed by atoms with Crippen LogP contribution in [-0.4, -0.2) is 31.0 Å². The summed E-state index contributed by atoms with van der Waals surface area (Å²) < 4.78 is 27.8. The summed E-state index contributed by atoms with van der Waals surface area (Å²) in [5.74, 6) is 0.700. The van der Waals surface area contributed by atoms with Gasteiger partial charge in [0.25, 0.3) is 10.0 Å². The molecule has 0 radical (unpaired) electrons. The Balaban J connectivity index is 1.76. The third kappa shape index (κ3) is 3.79. The molecule has 0 fully saturated rings. The minimum atomic E-state index is -3.55. The van der Waals surface area contributed by atoms with E-state index in [9.17, 15) is 8.42 Å². The third-order valence-corrected chi connectivity index (χ3v) is 6.91. The van der Waals surface area contributed by atoms with E-state index >= 15 is 0 Å². The lowest BCUT2D eigenvalue weighted by molar-refractivity contribution is 0.540. The van der Waals surface area contributed by atoms with Crippen LogP contribution >= 0.6 is 27.7 Å². The molecule has 0 amide bonds. The molecule has 4 nitrogen and oxygen atoms in total. The van der Waals surface area contributed by atoms with E-state index in [4.69, 9.17) is 0 Å². The molecule has 0 saturated heterocycles. The fraction of sp³-hybridized carbons (Fsp3) is 0.188. The Labute approximate surface area is 148 Å². The molecule has 0 N–H and O–H groups in total. The van der Waals surface area contributed by atoms with Crippen LogP contribution in [0.2, 0.25) is 0 Å². The molecule has 0 spiro atoms. The Morgan fingerprint density at radius 3 is 2.48 bits per heavy atom. The number of sulfonamides is 1. The first kappa shape index (κ1) is 16.5. The molecule has 7 heteroatoms. The number of hydrogen-bond donors (Lipinski definition) is 0. The highest BCUT2D eigenvalue weighted by molar-refractivity contribution is 9.10. The SMILES string of the molecule is O=S(=O)(c1ccc(Br)cc1)N1CCN=C1SCc1ccccc1. The highest BCUT2D eigenvalue weighted by atomic mass is 79.9. The number of thioether (sulfide) groups is 1. The molecule has 1 aliphatic heterocycles. The average Bonchev–Trinajstić information content (AvgIpc) is 3.04. The van der Waals surface area contributed by atoms with Gasteiger partial charge in [0, 0.05) is 10.2 Å². The number of rotatable bonds is 4. The summed E-state index contributed by atoms with van der Waals surface area (Å²) in [6, 6.07) is 16.6. The lowest BCUT2D eigenvalue weighted by Crippen LogP contribution is -2.32. The molecule has 3 rings (SSSR count). The van der Waals surface area contributed by atoms with Crippen LogP contribution in [0.3, 0.4) is 0 Å². The van der Waals surface area contributed by atoms with Crippen molar-refractivity contribution in [3.8, 4) is 0 Å². The van der Waals surface area contributed by atoms with Crippen LogP contribution in [0.5, 0.6) is 0 Å². The maximum atomic E-state index is 12.8. The van der Waals surface area contributed by atoms with Crippen molar-refractivity contribution in [3.63, 3.8) is 0 Å². The van der Waals surface area contributed by atoms with Crippen molar-refractivity contribution in [1.29, 1.82) is 0 Å². The van der Waals surface area contributed by atoms with Crippen LogP contribution < -0.4 is 0 Å². The second-order valence-corrected chi connectivity index (χ2v) is 8.69. The van der Waals surface area contributed by atoms with E-state index in [0.717, 1.165) is 10.0 Å². The number of amidine groups is 1. The lowest BCUT2D eigenvalue weighted by atomic mass is 10.2. The van der Waals surface area contributed by atoms with Gasteiger partial charge in [0.2, 0.25) is 0 Å². The maximum absolute atomic E-state index is 12.8. The van der Waals surface area contributed by atoms with Crippen molar-refractivity contribution in [3.05, 3.63) is 64.6 Å². The molecule has 0 unspecified atom stereocenters. The van der Waals surface area contributed by atoms with Gasteiger partial charge in [-0.1, -0.05) is 58.0 Å². The van der Waals surface area contributed by atoms with Gasteiger partial charge in [0.15, 0.2) is 5.17 Å². The number of nitrogens with zero attached hydrogens (tertiary/aromatic N) is 2. The number of benzene rings is 2. The van der Waals surface area contributed by atoms with Crippen molar-refractivity contribution in [2.75, 3.05) is 13.1 Å². The predicted molar refractivity (Wildman–Crippen MR) is 98.1 cm³/mol. The molecule has 0 saturated carbocycles. The lowest BCUT2D eigenvalue weighted by Gasteiger charge is -2.19. The summed E-state index contributed by atoms with van der Waals surface area (Å²) in [6.07, 6.45) is 0. The molecule has 0 aliphatic carbocycles. The summed E-state index contributed by atoms with van der Waals surface area (Å²) in [6.45, 7) is 0.905. The molecular weight excluding hydrogens is 396 g/mol. The number of halogens is 1. The topological polar surface area (TPSA) is 49.7 Å². The Bertz CT molecular complexity index is 806. The highest BCUT2D eigenvalue weighted by Gasteiger charge is 2.30. The van der Waals surface area contributed by atoms with Crippen LogP contribution in [-0.2, 0) is 15.8 Å². The zero-order valence-electron chi connectivity index (χ0n) is 12.2. The van der Waals surface area contributed by atoms with Crippen molar-refractivity contribution in [1.82, 2.24) is 4.31 Å². The smallest absolute Gasteiger partial charge is 0.260 e. The van der Waals surface area contributed by atoms with Gasteiger partial charge in [0.05, 0.1) is 18.0 Å². The van der Waals surface area contributed by atoms with E-state index in [-0.39, 0.29) is 4.90 Å². The zero-order valence-corrected chi connectivity index (χ0v) is 15.4. The quantitative estimate of drug-likeness (QED) is 0.770. The van der Waals surface area contributed by atoms with E-state index in [0.29, 0.717) is 24.0 Å². The standard InChI is InChI=1S/C16H15BrN2O2S2/c17-14-6-8-15(9-7-14)23(20,21)19-11-10-18-16(19)22-12-13-4-2-1-3-5-13/h1-9H,10-12H2. The third-order valence-electron chi connectivity index (χ3n) is 3.38. The summed E-state index contributed by atoms with van der Waals surface area (Å²) in [5.41, 5.74) is 1.15. The first-order chi connectivity index (χ1) is 11.1. The number of hydrogen-bond acceptors (Lipinski definition) is 4. The van der Waals surface area contributed by atoms with Gasteiger partial charge in [-0.05, 0) is 29.8 Å². The molecule has 1 heterocycles. The molecule has 1 aliphatic rings. The fourth-order valence-corrected chi connectivity index (χ4v) is 5.15. The maximum Gasteiger partial charge on any atom is 0.265 e. The van der Waals surface area contributed by atoms with Crippen LogP contribution in [0.25, 0.3) is 0 Å². The Hall–Kier alpha value is -1.31. The second kappa shape index (κ2) is 7.07. The van der Waals surface area contributed by atoms with E-state index in [1.807, 2.05) is 30.3 Å². The summed E-state index contributed by atoms with van der Waals surface area (Å²) >= 11 is 4.78. The van der Waals surface area contributed by atoms with Gasteiger partial charge in [-0.3, -0.25) is 4.99 Å². The van der Waals surface area contributed by atoms with Crippen LogP contribution in [0, 0.1) is 0 Å². The van der Waals surface area contributed by atoms with Gasteiger partial charge in [-0.15, -0.1) is 0 Å². The molecule has 0 bridgehead atoms. The van der Waals surface area contributed by atoms with Gasteiger partial charge in [-0.2, -0.15) is 0 Å². The molecule has 0 aromatic heterocycles. The Morgan fingerprint density at radius 2 is 1.78 bits per heavy atom. The van der Waals surface area contributed by atoms with E-state index in [2.05, 4.69) is 20.9 Å². The van der Waals surface area contributed by atoms with Gasteiger partial charge < -0.3 is 0 Å². The molecule has 2 aromatic rings. The molecule has 23 heavy (non-hydrogen) atoms.